The maximum absolute atomic E-state index is 6.10. The lowest BCUT2D eigenvalue weighted by Gasteiger charge is -2.22. The average Bonchev–Trinajstić information content (AvgIpc) is 2.36. The summed E-state index contributed by atoms with van der Waals surface area (Å²) in [6, 6.07) is 8.23. The van der Waals surface area contributed by atoms with Crippen LogP contribution in [0.25, 0.3) is 0 Å². The maximum atomic E-state index is 6.10. The standard InChI is InChI=1S/C15H23ClO/c1-4-7-12(2)14(11-16)10-13-8-5-6-9-15(13)17-3/h5-6,8-9,12,14H,4,7,10-11H2,1-3H3. The molecule has 1 aromatic carbocycles. The Bertz CT molecular complexity index is 324. The van der Waals surface area contributed by atoms with Crippen LogP contribution in [-0.4, -0.2) is 13.0 Å². The molecular formula is C15H23ClO. The number of halogens is 1. The summed E-state index contributed by atoms with van der Waals surface area (Å²) in [6.45, 7) is 4.52. The van der Waals surface area contributed by atoms with Crippen LogP contribution in [0.15, 0.2) is 24.3 Å². The molecule has 0 aliphatic rings. The van der Waals surface area contributed by atoms with Crippen molar-refractivity contribution < 1.29 is 4.74 Å². The first kappa shape index (κ1) is 14.4. The normalized spacial score (nSPS) is 14.4. The summed E-state index contributed by atoms with van der Waals surface area (Å²) in [5.41, 5.74) is 1.27. The van der Waals surface area contributed by atoms with Gasteiger partial charge >= 0.3 is 0 Å². The van der Waals surface area contributed by atoms with E-state index in [0.29, 0.717) is 11.8 Å². The van der Waals surface area contributed by atoms with E-state index in [1.807, 2.05) is 12.1 Å². The summed E-state index contributed by atoms with van der Waals surface area (Å²) in [7, 11) is 1.73. The molecule has 0 heterocycles. The van der Waals surface area contributed by atoms with Crippen molar-refractivity contribution in [3.8, 4) is 5.75 Å². The minimum atomic E-state index is 0.535. The van der Waals surface area contributed by atoms with Crippen LogP contribution in [0.2, 0.25) is 0 Å². The number of hydrogen-bond donors (Lipinski definition) is 0. The van der Waals surface area contributed by atoms with Crippen LogP contribution in [0, 0.1) is 11.8 Å². The van der Waals surface area contributed by atoms with E-state index in [-0.39, 0.29) is 0 Å². The largest absolute Gasteiger partial charge is 0.496 e. The third-order valence-corrected chi connectivity index (χ3v) is 3.82. The van der Waals surface area contributed by atoms with Crippen molar-refractivity contribution in [2.45, 2.75) is 33.1 Å². The molecule has 0 fully saturated rings. The van der Waals surface area contributed by atoms with E-state index in [1.54, 1.807) is 7.11 Å². The zero-order valence-corrected chi connectivity index (χ0v) is 11.8. The van der Waals surface area contributed by atoms with Gasteiger partial charge in [-0.05, 0) is 29.9 Å². The van der Waals surface area contributed by atoms with Crippen molar-refractivity contribution in [2.24, 2.45) is 11.8 Å². The third kappa shape index (κ3) is 4.23. The molecule has 2 atom stereocenters. The fourth-order valence-corrected chi connectivity index (χ4v) is 2.67. The van der Waals surface area contributed by atoms with Crippen molar-refractivity contribution in [2.75, 3.05) is 13.0 Å². The van der Waals surface area contributed by atoms with Crippen LogP contribution in [0.3, 0.4) is 0 Å². The molecule has 0 radical (unpaired) electrons. The summed E-state index contributed by atoms with van der Waals surface area (Å²) < 4.78 is 5.39. The lowest BCUT2D eigenvalue weighted by atomic mass is 9.86. The Hall–Kier alpha value is -0.690. The van der Waals surface area contributed by atoms with Crippen molar-refractivity contribution >= 4 is 11.6 Å². The molecule has 0 saturated heterocycles. The lowest BCUT2D eigenvalue weighted by Crippen LogP contribution is -2.16. The number of methoxy groups -OCH3 is 1. The van der Waals surface area contributed by atoms with Gasteiger partial charge in [-0.3, -0.25) is 0 Å². The Kier molecular flexibility index (Phi) is 6.43. The van der Waals surface area contributed by atoms with Crippen molar-refractivity contribution in [3.05, 3.63) is 29.8 Å². The second-order valence-corrected chi connectivity index (χ2v) is 5.00. The number of rotatable bonds is 7. The van der Waals surface area contributed by atoms with Gasteiger partial charge in [-0.1, -0.05) is 44.9 Å². The molecule has 0 saturated carbocycles. The highest BCUT2D eigenvalue weighted by atomic mass is 35.5. The van der Waals surface area contributed by atoms with Crippen LogP contribution < -0.4 is 4.74 Å². The first-order chi connectivity index (χ1) is 8.22. The Balaban J connectivity index is 2.73. The average molecular weight is 255 g/mol. The molecule has 1 nitrogen and oxygen atoms in total. The van der Waals surface area contributed by atoms with Gasteiger partial charge in [0.05, 0.1) is 7.11 Å². The molecule has 0 aliphatic heterocycles. The zero-order valence-electron chi connectivity index (χ0n) is 11.1. The minimum absolute atomic E-state index is 0.535. The summed E-state index contributed by atoms with van der Waals surface area (Å²) in [5.74, 6) is 2.90. The van der Waals surface area contributed by atoms with E-state index in [4.69, 9.17) is 16.3 Å². The smallest absolute Gasteiger partial charge is 0.122 e. The fourth-order valence-electron chi connectivity index (χ4n) is 2.25. The molecule has 0 aromatic heterocycles. The first-order valence-corrected chi connectivity index (χ1v) is 6.94. The van der Waals surface area contributed by atoms with Gasteiger partial charge in [0.25, 0.3) is 0 Å². The number of benzene rings is 1. The number of ether oxygens (including phenoxy) is 1. The maximum Gasteiger partial charge on any atom is 0.122 e. The highest BCUT2D eigenvalue weighted by molar-refractivity contribution is 6.18. The number of hydrogen-bond acceptors (Lipinski definition) is 1. The highest BCUT2D eigenvalue weighted by Gasteiger charge is 2.17. The molecule has 0 amide bonds. The van der Waals surface area contributed by atoms with Crippen LogP contribution in [0.4, 0.5) is 0 Å². The predicted octanol–water partition coefficient (Wildman–Crippen LogP) is 4.53. The highest BCUT2D eigenvalue weighted by Crippen LogP contribution is 2.27. The van der Waals surface area contributed by atoms with E-state index in [1.165, 1.54) is 18.4 Å². The third-order valence-electron chi connectivity index (χ3n) is 3.42. The quantitative estimate of drug-likeness (QED) is 0.650. The monoisotopic (exact) mass is 254 g/mol. The summed E-state index contributed by atoms with van der Waals surface area (Å²) in [5, 5.41) is 0. The summed E-state index contributed by atoms with van der Waals surface area (Å²) in [4.78, 5) is 0. The van der Waals surface area contributed by atoms with Crippen LogP contribution in [-0.2, 0) is 6.42 Å². The minimum Gasteiger partial charge on any atom is -0.496 e. The van der Waals surface area contributed by atoms with E-state index in [9.17, 15) is 0 Å². The van der Waals surface area contributed by atoms with Crippen LogP contribution >= 0.6 is 11.6 Å². The Morgan fingerprint density at radius 2 is 2.00 bits per heavy atom. The van der Waals surface area contributed by atoms with Gasteiger partial charge in [0, 0.05) is 5.88 Å². The Morgan fingerprint density at radius 1 is 1.29 bits per heavy atom. The zero-order chi connectivity index (χ0) is 12.7. The second-order valence-electron chi connectivity index (χ2n) is 4.70. The van der Waals surface area contributed by atoms with Crippen molar-refractivity contribution in [1.82, 2.24) is 0 Å². The fraction of sp³-hybridized carbons (Fsp3) is 0.600. The molecule has 2 unspecified atom stereocenters. The molecule has 0 bridgehead atoms. The molecule has 1 rings (SSSR count). The van der Waals surface area contributed by atoms with E-state index in [0.717, 1.165) is 18.1 Å². The van der Waals surface area contributed by atoms with Crippen molar-refractivity contribution in [3.63, 3.8) is 0 Å². The topological polar surface area (TPSA) is 9.23 Å². The molecule has 0 spiro atoms. The Morgan fingerprint density at radius 3 is 2.59 bits per heavy atom. The summed E-state index contributed by atoms with van der Waals surface area (Å²) >= 11 is 6.10. The van der Waals surface area contributed by atoms with Gasteiger partial charge in [-0.25, -0.2) is 0 Å². The number of alkyl halides is 1. The van der Waals surface area contributed by atoms with Gasteiger partial charge in [-0.2, -0.15) is 0 Å². The summed E-state index contributed by atoms with van der Waals surface area (Å²) in [6.07, 6.45) is 3.47. The van der Waals surface area contributed by atoms with Gasteiger partial charge in [0.2, 0.25) is 0 Å². The molecule has 96 valence electrons. The van der Waals surface area contributed by atoms with Crippen LogP contribution in [0.1, 0.15) is 32.3 Å². The molecule has 0 N–H and O–H groups in total. The van der Waals surface area contributed by atoms with Crippen LogP contribution in [0.5, 0.6) is 5.75 Å². The lowest BCUT2D eigenvalue weighted by molar-refractivity contribution is 0.354. The molecule has 1 aromatic rings. The van der Waals surface area contributed by atoms with Gasteiger partial charge < -0.3 is 4.74 Å². The predicted molar refractivity (Wildman–Crippen MR) is 75.0 cm³/mol. The molecule has 17 heavy (non-hydrogen) atoms. The first-order valence-electron chi connectivity index (χ1n) is 6.40. The van der Waals surface area contributed by atoms with E-state index < -0.39 is 0 Å². The number of para-hydroxylation sites is 1. The van der Waals surface area contributed by atoms with E-state index >= 15 is 0 Å². The van der Waals surface area contributed by atoms with Crippen molar-refractivity contribution in [1.29, 1.82) is 0 Å². The van der Waals surface area contributed by atoms with Gasteiger partial charge in [-0.15, -0.1) is 11.6 Å². The molecular weight excluding hydrogens is 232 g/mol. The molecule has 2 heteroatoms. The molecule has 0 aliphatic carbocycles. The van der Waals surface area contributed by atoms with E-state index in [2.05, 4.69) is 26.0 Å². The SMILES string of the molecule is CCCC(C)C(CCl)Cc1ccccc1OC. The van der Waals surface area contributed by atoms with Gasteiger partial charge in [0.15, 0.2) is 0 Å². The second kappa shape index (κ2) is 7.60. The Labute approximate surface area is 110 Å². The van der Waals surface area contributed by atoms with Gasteiger partial charge in [0.1, 0.15) is 5.75 Å².